The highest BCUT2D eigenvalue weighted by Gasteiger charge is 2.32. The van der Waals surface area contributed by atoms with E-state index in [0.29, 0.717) is 6.07 Å². The summed E-state index contributed by atoms with van der Waals surface area (Å²) in [6.07, 6.45) is 0.122. The summed E-state index contributed by atoms with van der Waals surface area (Å²) in [6.45, 7) is 0.299. The molecule has 100 valence electrons. The molecule has 0 spiro atoms. The van der Waals surface area contributed by atoms with Crippen LogP contribution in [-0.2, 0) is 4.79 Å². The molecule has 1 aromatic rings. The van der Waals surface area contributed by atoms with Gasteiger partial charge in [-0.1, -0.05) is 5.11 Å². The van der Waals surface area contributed by atoms with Crippen LogP contribution in [0.25, 0.3) is 10.4 Å². The molecule has 0 saturated carbocycles. The second-order valence-corrected chi connectivity index (χ2v) is 4.24. The smallest absolute Gasteiger partial charge is 0.227 e. The average molecular weight is 268 g/mol. The lowest BCUT2D eigenvalue weighted by Gasteiger charge is -2.17. The van der Waals surface area contributed by atoms with Gasteiger partial charge in [-0.05, 0) is 11.4 Å². The van der Waals surface area contributed by atoms with Crippen molar-refractivity contribution in [2.75, 3.05) is 18.0 Å². The molecule has 0 radical (unpaired) electrons. The fourth-order valence-electron chi connectivity index (χ4n) is 2.02. The second-order valence-electron chi connectivity index (χ2n) is 4.24. The summed E-state index contributed by atoms with van der Waals surface area (Å²) in [5.41, 5.74) is 8.04. The van der Waals surface area contributed by atoms with Crippen molar-refractivity contribution in [3.8, 4) is 5.75 Å². The molecular weight excluding hydrogens is 258 g/mol. The molecule has 1 aliphatic heterocycles. The normalized spacial score (nSPS) is 18.5. The molecule has 2 rings (SSSR count). The number of nitrogens with zero attached hydrogens (tertiary/aromatic N) is 4. The van der Waals surface area contributed by atoms with Gasteiger partial charge in [0.05, 0.1) is 5.69 Å². The Kier molecular flexibility index (Phi) is 3.52. The van der Waals surface area contributed by atoms with Crippen LogP contribution in [0.2, 0.25) is 0 Å². The van der Waals surface area contributed by atoms with Crippen molar-refractivity contribution >= 4 is 11.6 Å². The maximum absolute atomic E-state index is 13.6. The molecule has 1 amide bonds. The number of carbonyl (C=O) groups excluding carboxylic acids is 1. The summed E-state index contributed by atoms with van der Waals surface area (Å²) >= 11 is 0. The quantitative estimate of drug-likeness (QED) is 0.518. The lowest BCUT2D eigenvalue weighted by molar-refractivity contribution is -0.117. The van der Waals surface area contributed by atoms with Gasteiger partial charge in [0.25, 0.3) is 0 Å². The molecule has 1 aromatic carbocycles. The second kappa shape index (κ2) is 5.11. The third-order valence-electron chi connectivity index (χ3n) is 2.92. The summed E-state index contributed by atoms with van der Waals surface area (Å²) in [4.78, 5) is 15.5. The highest BCUT2D eigenvalue weighted by molar-refractivity contribution is 5.96. The van der Waals surface area contributed by atoms with Crippen LogP contribution in [0.3, 0.4) is 0 Å². The summed E-state index contributed by atoms with van der Waals surface area (Å²) in [5.74, 6) is -3.30. The Balaban J connectivity index is 2.25. The predicted octanol–water partition coefficient (Wildman–Crippen LogP) is 2.33. The largest absolute Gasteiger partial charge is 0.505 e. The van der Waals surface area contributed by atoms with Crippen LogP contribution >= 0.6 is 0 Å². The number of phenols is 1. The number of rotatable bonds is 3. The van der Waals surface area contributed by atoms with E-state index in [2.05, 4.69) is 10.0 Å². The van der Waals surface area contributed by atoms with Crippen molar-refractivity contribution in [1.29, 1.82) is 0 Å². The maximum atomic E-state index is 13.6. The number of azide groups is 1. The zero-order chi connectivity index (χ0) is 14.0. The summed E-state index contributed by atoms with van der Waals surface area (Å²) in [5, 5.41) is 12.6. The highest BCUT2D eigenvalue weighted by atomic mass is 19.1. The van der Waals surface area contributed by atoms with E-state index >= 15 is 0 Å². The number of carbonyl (C=O) groups is 1. The Hall–Kier alpha value is -2.34. The molecule has 1 aliphatic rings. The van der Waals surface area contributed by atoms with Crippen molar-refractivity contribution < 1.29 is 18.7 Å². The van der Waals surface area contributed by atoms with Crippen molar-refractivity contribution in [3.05, 3.63) is 34.2 Å². The van der Waals surface area contributed by atoms with Crippen LogP contribution in [0.4, 0.5) is 14.5 Å². The first kappa shape index (κ1) is 13.1. The average Bonchev–Trinajstić information content (AvgIpc) is 2.72. The van der Waals surface area contributed by atoms with E-state index < -0.39 is 17.4 Å². The Morgan fingerprint density at radius 2 is 2.21 bits per heavy atom. The van der Waals surface area contributed by atoms with Gasteiger partial charge in [0, 0.05) is 36.6 Å². The molecule has 19 heavy (non-hydrogen) atoms. The van der Waals surface area contributed by atoms with Gasteiger partial charge >= 0.3 is 0 Å². The van der Waals surface area contributed by atoms with E-state index in [0.717, 1.165) is 11.0 Å². The number of aromatic hydroxyl groups is 1. The molecule has 0 aromatic heterocycles. The van der Waals surface area contributed by atoms with Gasteiger partial charge in [0.1, 0.15) is 5.82 Å². The van der Waals surface area contributed by atoms with Crippen LogP contribution in [0.15, 0.2) is 17.2 Å². The molecular formula is C11H10F2N4O2. The predicted molar refractivity (Wildman–Crippen MR) is 62.5 cm³/mol. The topological polar surface area (TPSA) is 89.3 Å². The van der Waals surface area contributed by atoms with Gasteiger partial charge in [-0.2, -0.15) is 0 Å². The van der Waals surface area contributed by atoms with Gasteiger partial charge in [-0.25, -0.2) is 8.78 Å². The zero-order valence-corrected chi connectivity index (χ0v) is 9.75. The third kappa shape index (κ3) is 2.58. The van der Waals surface area contributed by atoms with Crippen molar-refractivity contribution in [2.24, 2.45) is 11.0 Å². The van der Waals surface area contributed by atoms with E-state index in [4.69, 9.17) is 5.53 Å². The lowest BCUT2D eigenvalue weighted by Crippen LogP contribution is -2.25. The number of amides is 1. The molecule has 1 heterocycles. The fraction of sp³-hybridized carbons (Fsp3) is 0.364. The first-order chi connectivity index (χ1) is 9.02. The van der Waals surface area contributed by atoms with E-state index in [1.54, 1.807) is 0 Å². The molecule has 1 atom stereocenters. The minimum atomic E-state index is -1.08. The SMILES string of the molecule is [N-]=[N+]=NCC1CC(=O)N(c2cc(O)c(F)cc2F)C1. The van der Waals surface area contributed by atoms with Gasteiger partial charge in [-0.3, -0.25) is 4.79 Å². The lowest BCUT2D eigenvalue weighted by atomic mass is 10.1. The Morgan fingerprint density at radius 1 is 1.47 bits per heavy atom. The Bertz CT molecular complexity index is 572. The molecule has 1 N–H and O–H groups in total. The van der Waals surface area contributed by atoms with Crippen molar-refractivity contribution in [3.63, 3.8) is 0 Å². The maximum Gasteiger partial charge on any atom is 0.227 e. The minimum Gasteiger partial charge on any atom is -0.505 e. The molecule has 1 saturated heterocycles. The summed E-state index contributed by atoms with van der Waals surface area (Å²) in [7, 11) is 0. The van der Waals surface area contributed by atoms with Gasteiger partial charge in [0.2, 0.25) is 5.91 Å². The van der Waals surface area contributed by atoms with Crippen LogP contribution in [0.5, 0.6) is 5.75 Å². The Labute approximate surface area is 106 Å². The fourth-order valence-corrected chi connectivity index (χ4v) is 2.02. The number of phenolic OH excluding ortho intramolecular Hbond substituents is 1. The Morgan fingerprint density at radius 3 is 2.89 bits per heavy atom. The molecule has 1 fully saturated rings. The number of benzene rings is 1. The van der Waals surface area contributed by atoms with Gasteiger partial charge in [-0.15, -0.1) is 0 Å². The van der Waals surface area contributed by atoms with Crippen LogP contribution < -0.4 is 4.90 Å². The number of anilines is 1. The van der Waals surface area contributed by atoms with E-state index in [1.807, 2.05) is 0 Å². The number of hydrogen-bond acceptors (Lipinski definition) is 3. The highest BCUT2D eigenvalue weighted by Crippen LogP contribution is 2.31. The summed E-state index contributed by atoms with van der Waals surface area (Å²) < 4.78 is 26.5. The number of hydrogen-bond donors (Lipinski definition) is 1. The van der Waals surface area contributed by atoms with Gasteiger partial charge in [0.15, 0.2) is 11.6 Å². The monoisotopic (exact) mass is 268 g/mol. The third-order valence-corrected chi connectivity index (χ3v) is 2.92. The van der Waals surface area contributed by atoms with Crippen LogP contribution in [0.1, 0.15) is 6.42 Å². The first-order valence-corrected chi connectivity index (χ1v) is 5.52. The standard InChI is InChI=1S/C11H10F2N4O2/c12-7-2-8(13)10(18)3-9(7)17-5-6(1-11(17)19)4-15-16-14/h2-3,6,18H,1,4-5H2. The summed E-state index contributed by atoms with van der Waals surface area (Å²) in [6, 6.07) is 1.40. The van der Waals surface area contributed by atoms with E-state index in [9.17, 15) is 18.7 Å². The zero-order valence-electron chi connectivity index (χ0n) is 9.75. The van der Waals surface area contributed by atoms with Crippen LogP contribution in [-0.4, -0.2) is 24.1 Å². The molecule has 0 bridgehead atoms. The van der Waals surface area contributed by atoms with E-state index in [1.165, 1.54) is 0 Å². The van der Waals surface area contributed by atoms with Crippen molar-refractivity contribution in [2.45, 2.75) is 6.42 Å². The van der Waals surface area contributed by atoms with Crippen molar-refractivity contribution in [1.82, 2.24) is 0 Å². The number of halogens is 2. The molecule has 1 unspecified atom stereocenters. The van der Waals surface area contributed by atoms with Gasteiger partial charge < -0.3 is 10.0 Å². The molecule has 6 nitrogen and oxygen atoms in total. The minimum absolute atomic E-state index is 0.122. The first-order valence-electron chi connectivity index (χ1n) is 5.52. The molecule has 0 aliphatic carbocycles. The van der Waals surface area contributed by atoms with Crippen LogP contribution in [0, 0.1) is 17.6 Å². The van der Waals surface area contributed by atoms with E-state index in [-0.39, 0.29) is 37.0 Å². The molecule has 8 heteroatoms.